The number of carbonyl (C=O) groups is 2. The Bertz CT molecular complexity index is 282. The van der Waals surface area contributed by atoms with E-state index in [0.717, 1.165) is 6.42 Å². The molecule has 1 saturated heterocycles. The molecular formula is C12H21NO4. The number of amides is 1. The maximum Gasteiger partial charge on any atom is 0.329 e. The summed E-state index contributed by atoms with van der Waals surface area (Å²) in [6.07, 6.45) is 1.84. The molecule has 0 atom stereocenters. The van der Waals surface area contributed by atoms with Crippen LogP contribution in [0.5, 0.6) is 0 Å². The average molecular weight is 243 g/mol. The molecular weight excluding hydrogens is 222 g/mol. The highest BCUT2D eigenvalue weighted by Gasteiger charge is 2.41. The number of ether oxygens (including phenoxy) is 1. The summed E-state index contributed by atoms with van der Waals surface area (Å²) in [6.45, 7) is 4.84. The van der Waals surface area contributed by atoms with Gasteiger partial charge in [0.05, 0.1) is 0 Å². The number of carbonyl (C=O) groups excluding carboxylic acids is 1. The zero-order chi connectivity index (χ0) is 12.9. The highest BCUT2D eigenvalue weighted by atomic mass is 16.5. The van der Waals surface area contributed by atoms with Crippen LogP contribution >= 0.6 is 0 Å². The van der Waals surface area contributed by atoms with Gasteiger partial charge in [0, 0.05) is 32.5 Å². The van der Waals surface area contributed by atoms with Gasteiger partial charge in [0.15, 0.2) is 0 Å². The van der Waals surface area contributed by atoms with Crippen LogP contribution in [-0.2, 0) is 14.3 Å². The van der Waals surface area contributed by atoms with Crippen LogP contribution in [-0.4, -0.2) is 35.7 Å². The van der Waals surface area contributed by atoms with Gasteiger partial charge in [-0.15, -0.1) is 0 Å². The molecule has 0 aromatic rings. The number of carboxylic acid groups (broad SMARTS) is 1. The topological polar surface area (TPSA) is 75.6 Å². The summed E-state index contributed by atoms with van der Waals surface area (Å²) in [7, 11) is 0. The average Bonchev–Trinajstić information content (AvgIpc) is 2.27. The van der Waals surface area contributed by atoms with Crippen LogP contribution in [0, 0.1) is 5.92 Å². The van der Waals surface area contributed by atoms with Gasteiger partial charge in [-0.3, -0.25) is 4.79 Å². The maximum atomic E-state index is 11.7. The molecule has 0 unspecified atom stereocenters. The minimum Gasteiger partial charge on any atom is -0.480 e. The number of nitrogens with one attached hydrogen (secondary N) is 1. The molecule has 5 heteroatoms. The van der Waals surface area contributed by atoms with E-state index < -0.39 is 11.5 Å². The molecule has 98 valence electrons. The molecule has 0 bridgehead atoms. The number of hydrogen-bond donors (Lipinski definition) is 2. The molecule has 5 nitrogen and oxygen atoms in total. The normalized spacial score (nSPS) is 19.0. The van der Waals surface area contributed by atoms with E-state index in [9.17, 15) is 14.7 Å². The summed E-state index contributed by atoms with van der Waals surface area (Å²) >= 11 is 0. The zero-order valence-electron chi connectivity index (χ0n) is 10.5. The van der Waals surface area contributed by atoms with Crippen molar-refractivity contribution in [1.29, 1.82) is 0 Å². The van der Waals surface area contributed by atoms with Crippen molar-refractivity contribution in [3.63, 3.8) is 0 Å². The van der Waals surface area contributed by atoms with Crippen molar-refractivity contribution >= 4 is 11.9 Å². The molecule has 0 spiro atoms. The number of carboxylic acids is 1. The lowest BCUT2D eigenvalue weighted by Crippen LogP contribution is -2.57. The van der Waals surface area contributed by atoms with E-state index in [1.165, 1.54) is 0 Å². The predicted octanol–water partition coefficient (Wildman–Crippen LogP) is 1.17. The van der Waals surface area contributed by atoms with E-state index in [-0.39, 0.29) is 5.91 Å². The summed E-state index contributed by atoms with van der Waals surface area (Å²) in [5.41, 5.74) is -1.12. The van der Waals surface area contributed by atoms with Crippen molar-refractivity contribution in [2.45, 2.75) is 45.1 Å². The van der Waals surface area contributed by atoms with Crippen molar-refractivity contribution in [2.24, 2.45) is 5.92 Å². The van der Waals surface area contributed by atoms with Crippen LogP contribution in [0.2, 0.25) is 0 Å². The van der Waals surface area contributed by atoms with Crippen LogP contribution in [0.25, 0.3) is 0 Å². The molecule has 1 heterocycles. The SMILES string of the molecule is CC(C)CCC(=O)NC1(C(=O)O)CCOCC1. The molecule has 0 aliphatic carbocycles. The van der Waals surface area contributed by atoms with Crippen molar-refractivity contribution in [3.8, 4) is 0 Å². The lowest BCUT2D eigenvalue weighted by atomic mass is 9.89. The highest BCUT2D eigenvalue weighted by molar-refractivity contribution is 5.87. The van der Waals surface area contributed by atoms with Crippen molar-refractivity contribution in [1.82, 2.24) is 5.32 Å². The smallest absolute Gasteiger partial charge is 0.329 e. The molecule has 17 heavy (non-hydrogen) atoms. The summed E-state index contributed by atoms with van der Waals surface area (Å²) in [4.78, 5) is 23.0. The minimum absolute atomic E-state index is 0.178. The van der Waals surface area contributed by atoms with Crippen LogP contribution in [0.15, 0.2) is 0 Å². The Balaban J connectivity index is 2.54. The third kappa shape index (κ3) is 4.00. The molecule has 1 aliphatic rings. The van der Waals surface area contributed by atoms with E-state index in [4.69, 9.17) is 4.74 Å². The van der Waals surface area contributed by atoms with Crippen molar-refractivity contribution in [2.75, 3.05) is 13.2 Å². The quantitative estimate of drug-likeness (QED) is 0.760. The summed E-state index contributed by atoms with van der Waals surface area (Å²) in [5.74, 6) is -0.696. The third-order valence-corrected chi connectivity index (χ3v) is 3.08. The van der Waals surface area contributed by atoms with Crippen LogP contribution in [0.4, 0.5) is 0 Å². The Hall–Kier alpha value is -1.10. The van der Waals surface area contributed by atoms with Gasteiger partial charge in [-0.25, -0.2) is 4.79 Å². The Morgan fingerprint density at radius 2 is 1.94 bits per heavy atom. The fourth-order valence-electron chi connectivity index (χ4n) is 1.86. The molecule has 0 aromatic carbocycles. The van der Waals surface area contributed by atoms with Crippen LogP contribution < -0.4 is 5.32 Å². The first-order valence-corrected chi connectivity index (χ1v) is 6.08. The predicted molar refractivity (Wildman–Crippen MR) is 62.6 cm³/mol. The largest absolute Gasteiger partial charge is 0.480 e. The zero-order valence-corrected chi connectivity index (χ0v) is 10.5. The first-order chi connectivity index (χ1) is 7.96. The molecule has 0 saturated carbocycles. The second kappa shape index (κ2) is 6.00. The molecule has 1 fully saturated rings. The Morgan fingerprint density at radius 3 is 2.41 bits per heavy atom. The molecule has 1 amide bonds. The summed E-state index contributed by atoms with van der Waals surface area (Å²) in [6, 6.07) is 0. The highest BCUT2D eigenvalue weighted by Crippen LogP contribution is 2.21. The number of hydrogen-bond acceptors (Lipinski definition) is 3. The summed E-state index contributed by atoms with van der Waals surface area (Å²) < 4.78 is 5.14. The van der Waals surface area contributed by atoms with Gasteiger partial charge in [0.2, 0.25) is 5.91 Å². The fourth-order valence-corrected chi connectivity index (χ4v) is 1.86. The van der Waals surface area contributed by atoms with Gasteiger partial charge < -0.3 is 15.2 Å². The van der Waals surface area contributed by atoms with Gasteiger partial charge in [0.25, 0.3) is 0 Å². The third-order valence-electron chi connectivity index (χ3n) is 3.08. The number of aliphatic carboxylic acids is 1. The molecule has 2 N–H and O–H groups in total. The maximum absolute atomic E-state index is 11.7. The van der Waals surface area contributed by atoms with Gasteiger partial charge in [-0.2, -0.15) is 0 Å². The minimum atomic E-state index is -1.12. The van der Waals surface area contributed by atoms with Crippen LogP contribution in [0.1, 0.15) is 39.5 Å². The molecule has 0 radical (unpaired) electrons. The van der Waals surface area contributed by atoms with Gasteiger partial charge in [-0.05, 0) is 12.3 Å². The lowest BCUT2D eigenvalue weighted by molar-refractivity contribution is -0.152. The van der Waals surface area contributed by atoms with Gasteiger partial charge >= 0.3 is 5.97 Å². The Labute approximate surface area is 102 Å². The molecule has 0 aromatic heterocycles. The van der Waals surface area contributed by atoms with Gasteiger partial charge in [-0.1, -0.05) is 13.8 Å². The molecule has 1 rings (SSSR count). The first-order valence-electron chi connectivity index (χ1n) is 6.08. The summed E-state index contributed by atoms with van der Waals surface area (Å²) in [5, 5.41) is 11.9. The van der Waals surface area contributed by atoms with E-state index >= 15 is 0 Å². The Morgan fingerprint density at radius 1 is 1.35 bits per heavy atom. The lowest BCUT2D eigenvalue weighted by Gasteiger charge is -2.33. The fraction of sp³-hybridized carbons (Fsp3) is 0.833. The van der Waals surface area contributed by atoms with E-state index in [1.807, 2.05) is 13.8 Å². The second-order valence-electron chi connectivity index (χ2n) is 4.98. The van der Waals surface area contributed by atoms with Crippen molar-refractivity contribution < 1.29 is 19.4 Å². The van der Waals surface area contributed by atoms with E-state index in [2.05, 4.69) is 5.32 Å². The first kappa shape index (κ1) is 14.0. The van der Waals surface area contributed by atoms with E-state index in [1.54, 1.807) is 0 Å². The second-order valence-corrected chi connectivity index (χ2v) is 4.98. The van der Waals surface area contributed by atoms with Crippen LogP contribution in [0.3, 0.4) is 0 Å². The monoisotopic (exact) mass is 243 g/mol. The van der Waals surface area contributed by atoms with Crippen molar-refractivity contribution in [3.05, 3.63) is 0 Å². The Kier molecular flexibility index (Phi) is 4.93. The van der Waals surface area contributed by atoms with E-state index in [0.29, 0.717) is 38.4 Å². The standard InChI is InChI=1S/C12H21NO4/c1-9(2)3-4-10(14)13-12(11(15)16)5-7-17-8-6-12/h9H,3-8H2,1-2H3,(H,13,14)(H,15,16). The number of rotatable bonds is 5. The van der Waals surface area contributed by atoms with Gasteiger partial charge in [0.1, 0.15) is 5.54 Å². The molecule has 1 aliphatic heterocycles.